The fourth-order valence-corrected chi connectivity index (χ4v) is 5.25. The summed E-state index contributed by atoms with van der Waals surface area (Å²) < 4.78 is 2.43. The third kappa shape index (κ3) is 3.52. The number of amides is 1. The summed E-state index contributed by atoms with van der Waals surface area (Å²) in [6, 6.07) is 7.47. The van der Waals surface area contributed by atoms with E-state index in [0.717, 1.165) is 50.7 Å². The zero-order valence-corrected chi connectivity index (χ0v) is 18.4. The average Bonchev–Trinajstić information content (AvgIpc) is 3.04. The van der Waals surface area contributed by atoms with Crippen LogP contribution in [0.3, 0.4) is 0 Å². The number of hydrogen-bond donors (Lipinski definition) is 0. The Morgan fingerprint density at radius 2 is 1.84 bits per heavy atom. The number of rotatable bonds is 3. The van der Waals surface area contributed by atoms with E-state index in [0.29, 0.717) is 18.8 Å². The van der Waals surface area contributed by atoms with Crippen molar-refractivity contribution in [2.45, 2.75) is 38.3 Å². The molecule has 2 fully saturated rings. The van der Waals surface area contributed by atoms with Crippen LogP contribution in [0.1, 0.15) is 35.6 Å². The molecule has 2 aliphatic heterocycles. The molecule has 166 valence electrons. The van der Waals surface area contributed by atoms with Crippen LogP contribution in [0.2, 0.25) is 0 Å². The second kappa shape index (κ2) is 8.16. The molecule has 3 aliphatic rings. The van der Waals surface area contributed by atoms with E-state index in [-0.39, 0.29) is 5.91 Å². The lowest BCUT2D eigenvalue weighted by atomic mass is 9.91. The Labute approximate surface area is 187 Å². The highest BCUT2D eigenvalue weighted by atomic mass is 16.2. The molecule has 8 nitrogen and oxygen atoms in total. The lowest BCUT2D eigenvalue weighted by Crippen LogP contribution is -2.49. The molecule has 1 aliphatic carbocycles. The second-order valence-electron chi connectivity index (χ2n) is 9.09. The van der Waals surface area contributed by atoms with Crippen molar-refractivity contribution < 1.29 is 4.79 Å². The normalized spacial score (nSPS) is 20.1. The van der Waals surface area contributed by atoms with Gasteiger partial charge in [0.2, 0.25) is 0 Å². The maximum atomic E-state index is 12.6. The van der Waals surface area contributed by atoms with Gasteiger partial charge in [-0.2, -0.15) is 0 Å². The number of piperazine rings is 1. The van der Waals surface area contributed by atoms with Crippen LogP contribution in [0.25, 0.3) is 11.0 Å². The minimum absolute atomic E-state index is 0.0398. The number of hydrogen-bond acceptors (Lipinski definition) is 6. The first-order valence-corrected chi connectivity index (χ1v) is 11.8. The lowest BCUT2D eigenvalue weighted by molar-refractivity contribution is 0.0740. The van der Waals surface area contributed by atoms with Crippen LogP contribution in [-0.4, -0.2) is 80.5 Å². The largest absolute Gasteiger partial charge is 0.368 e. The van der Waals surface area contributed by atoms with Gasteiger partial charge in [0, 0.05) is 76.4 Å². The predicted molar refractivity (Wildman–Crippen MR) is 123 cm³/mol. The molecule has 3 aromatic rings. The van der Waals surface area contributed by atoms with E-state index in [1.165, 1.54) is 42.5 Å². The van der Waals surface area contributed by atoms with Gasteiger partial charge < -0.3 is 14.4 Å². The summed E-state index contributed by atoms with van der Waals surface area (Å²) in [5.41, 5.74) is 3.94. The number of imidazole rings is 1. The molecule has 0 atom stereocenters. The van der Waals surface area contributed by atoms with Crippen molar-refractivity contribution in [1.29, 1.82) is 0 Å². The Bertz CT molecular complexity index is 1120. The van der Waals surface area contributed by atoms with Crippen LogP contribution in [0.5, 0.6) is 0 Å². The van der Waals surface area contributed by atoms with Crippen molar-refractivity contribution in [3.8, 4) is 0 Å². The van der Waals surface area contributed by atoms with Crippen LogP contribution >= 0.6 is 0 Å². The molecule has 1 saturated carbocycles. The summed E-state index contributed by atoms with van der Waals surface area (Å²) in [6.45, 7) is 6.28. The SMILES string of the molecule is O=C(c1cnccn1)N1CCN(c2ccc3c(c2)nc2n3CCN(C3CCC3)CC2)CC1. The van der Waals surface area contributed by atoms with Gasteiger partial charge in [0.05, 0.1) is 17.2 Å². The molecule has 2 aromatic heterocycles. The molecule has 32 heavy (non-hydrogen) atoms. The molecule has 1 saturated heterocycles. The van der Waals surface area contributed by atoms with Crippen molar-refractivity contribution in [3.05, 3.63) is 48.3 Å². The van der Waals surface area contributed by atoms with Crippen LogP contribution in [0.4, 0.5) is 5.69 Å². The van der Waals surface area contributed by atoms with Gasteiger partial charge in [-0.25, -0.2) is 9.97 Å². The van der Waals surface area contributed by atoms with E-state index < -0.39 is 0 Å². The smallest absolute Gasteiger partial charge is 0.274 e. The Hall–Kier alpha value is -3.00. The van der Waals surface area contributed by atoms with Gasteiger partial charge in [-0.3, -0.25) is 14.7 Å². The number of anilines is 1. The Morgan fingerprint density at radius 1 is 0.969 bits per heavy atom. The Morgan fingerprint density at radius 3 is 2.59 bits per heavy atom. The van der Waals surface area contributed by atoms with Gasteiger partial charge in [-0.05, 0) is 31.0 Å². The Balaban J connectivity index is 1.14. The summed E-state index contributed by atoms with van der Waals surface area (Å²) in [6.07, 6.45) is 9.84. The van der Waals surface area contributed by atoms with Crippen molar-refractivity contribution in [3.63, 3.8) is 0 Å². The number of nitrogens with zero attached hydrogens (tertiary/aromatic N) is 7. The summed E-state index contributed by atoms with van der Waals surface area (Å²) in [7, 11) is 0. The predicted octanol–water partition coefficient (Wildman–Crippen LogP) is 2.20. The van der Waals surface area contributed by atoms with Crippen LogP contribution < -0.4 is 4.90 Å². The van der Waals surface area contributed by atoms with Gasteiger partial charge in [-0.15, -0.1) is 0 Å². The summed E-state index contributed by atoms with van der Waals surface area (Å²) in [4.78, 5) is 32.7. The molecule has 0 radical (unpaired) electrons. The van der Waals surface area contributed by atoms with Gasteiger partial charge in [-0.1, -0.05) is 6.42 Å². The van der Waals surface area contributed by atoms with Crippen LogP contribution in [0.15, 0.2) is 36.8 Å². The summed E-state index contributed by atoms with van der Waals surface area (Å²) >= 11 is 0. The second-order valence-corrected chi connectivity index (χ2v) is 9.09. The van der Waals surface area contributed by atoms with Gasteiger partial charge in [0.15, 0.2) is 0 Å². The Kier molecular flexibility index (Phi) is 5.02. The summed E-state index contributed by atoms with van der Waals surface area (Å²) in [5, 5.41) is 0. The van der Waals surface area contributed by atoms with Crippen molar-refractivity contribution >= 4 is 22.6 Å². The van der Waals surface area contributed by atoms with Crippen LogP contribution in [-0.2, 0) is 13.0 Å². The number of aromatic nitrogens is 4. The first-order chi connectivity index (χ1) is 15.8. The summed E-state index contributed by atoms with van der Waals surface area (Å²) in [5.74, 6) is 1.18. The maximum absolute atomic E-state index is 12.6. The van der Waals surface area contributed by atoms with Crippen LogP contribution in [0, 0.1) is 0 Å². The van der Waals surface area contributed by atoms with E-state index in [2.05, 4.69) is 42.5 Å². The molecular weight excluding hydrogens is 402 g/mol. The van der Waals surface area contributed by atoms with E-state index in [9.17, 15) is 4.79 Å². The van der Waals surface area contributed by atoms with E-state index in [1.807, 2.05) is 4.90 Å². The first kappa shape index (κ1) is 19.7. The molecule has 0 N–H and O–H groups in total. The van der Waals surface area contributed by atoms with E-state index >= 15 is 0 Å². The van der Waals surface area contributed by atoms with Crippen molar-refractivity contribution in [2.75, 3.05) is 44.2 Å². The standard InChI is InChI=1S/C24H29N7O/c32-24(21-17-25-7-8-26-21)30-12-10-29(11-13-30)19-4-5-22-20(16-19)27-23-6-9-28(14-15-31(22)23)18-2-1-3-18/h4-5,7-8,16-18H,1-3,6,9-15H2. The third-order valence-corrected chi connectivity index (χ3v) is 7.35. The quantitative estimate of drug-likeness (QED) is 0.633. The fourth-order valence-electron chi connectivity index (χ4n) is 5.25. The fraction of sp³-hybridized carbons (Fsp3) is 0.500. The average molecular weight is 432 g/mol. The lowest BCUT2D eigenvalue weighted by Gasteiger charge is -2.36. The third-order valence-electron chi connectivity index (χ3n) is 7.35. The number of carbonyl (C=O) groups is 1. The topological polar surface area (TPSA) is 70.4 Å². The number of carbonyl (C=O) groups excluding carboxylic acids is 1. The molecule has 6 rings (SSSR count). The number of fused-ring (bicyclic) bond motifs is 3. The molecule has 0 spiro atoms. The highest BCUT2D eigenvalue weighted by molar-refractivity contribution is 5.92. The molecule has 4 heterocycles. The van der Waals surface area contributed by atoms with Gasteiger partial charge in [0.25, 0.3) is 5.91 Å². The molecule has 0 bridgehead atoms. The van der Waals surface area contributed by atoms with Crippen molar-refractivity contribution in [1.82, 2.24) is 29.3 Å². The van der Waals surface area contributed by atoms with E-state index in [4.69, 9.17) is 4.98 Å². The van der Waals surface area contributed by atoms with E-state index in [1.54, 1.807) is 12.4 Å². The zero-order valence-electron chi connectivity index (χ0n) is 18.4. The highest BCUT2D eigenvalue weighted by Crippen LogP contribution is 2.29. The molecule has 8 heteroatoms. The first-order valence-electron chi connectivity index (χ1n) is 11.8. The molecule has 0 unspecified atom stereocenters. The molecule has 1 amide bonds. The van der Waals surface area contributed by atoms with Crippen molar-refractivity contribution in [2.24, 2.45) is 0 Å². The minimum atomic E-state index is -0.0398. The van der Waals surface area contributed by atoms with Gasteiger partial charge in [0.1, 0.15) is 11.5 Å². The maximum Gasteiger partial charge on any atom is 0.274 e. The highest BCUT2D eigenvalue weighted by Gasteiger charge is 2.28. The van der Waals surface area contributed by atoms with Gasteiger partial charge >= 0.3 is 0 Å². The number of benzene rings is 1. The monoisotopic (exact) mass is 431 g/mol. The molecular formula is C24H29N7O. The zero-order chi connectivity index (χ0) is 21.5. The minimum Gasteiger partial charge on any atom is -0.368 e. The molecule has 1 aromatic carbocycles.